The fourth-order valence-electron chi connectivity index (χ4n) is 4.50. The zero-order valence-corrected chi connectivity index (χ0v) is 18.9. The van der Waals surface area contributed by atoms with Crippen molar-refractivity contribution in [1.82, 2.24) is 15.1 Å². The van der Waals surface area contributed by atoms with Crippen molar-refractivity contribution in [3.63, 3.8) is 0 Å². The lowest BCUT2D eigenvalue weighted by molar-refractivity contribution is 0.0952. The van der Waals surface area contributed by atoms with Gasteiger partial charge in [0.15, 0.2) is 0 Å². The molecule has 2 aliphatic heterocycles. The van der Waals surface area contributed by atoms with Gasteiger partial charge in [0.1, 0.15) is 0 Å². The van der Waals surface area contributed by atoms with Crippen molar-refractivity contribution in [2.24, 2.45) is 0 Å². The summed E-state index contributed by atoms with van der Waals surface area (Å²) in [4.78, 5) is 20.9. The van der Waals surface area contributed by atoms with Crippen LogP contribution < -0.4 is 10.2 Å². The Morgan fingerprint density at radius 2 is 1.77 bits per heavy atom. The second-order valence-electron chi connectivity index (χ2n) is 8.31. The number of benzene rings is 1. The van der Waals surface area contributed by atoms with Crippen LogP contribution in [0.5, 0.6) is 0 Å². The number of hydrogen-bond donors (Lipinski definition) is 1. The van der Waals surface area contributed by atoms with E-state index >= 15 is 0 Å². The van der Waals surface area contributed by atoms with Gasteiger partial charge in [0.25, 0.3) is 5.91 Å². The number of nitrogens with one attached hydrogen (secondary N) is 1. The van der Waals surface area contributed by atoms with Gasteiger partial charge < -0.3 is 20.0 Å². The van der Waals surface area contributed by atoms with Crippen LogP contribution in [0.4, 0.5) is 10.7 Å². The lowest BCUT2D eigenvalue weighted by atomic mass is 10.0. The lowest BCUT2D eigenvalue weighted by Crippen LogP contribution is -2.47. The van der Waals surface area contributed by atoms with Gasteiger partial charge in [-0.1, -0.05) is 25.1 Å². The van der Waals surface area contributed by atoms with Crippen molar-refractivity contribution >= 4 is 27.9 Å². The lowest BCUT2D eigenvalue weighted by Gasteiger charge is -2.34. The molecular formula is C24H34N4OS. The minimum atomic E-state index is 0.0595. The number of rotatable bonds is 8. The van der Waals surface area contributed by atoms with E-state index in [4.69, 9.17) is 0 Å². The Balaban J connectivity index is 1.23. The molecule has 0 unspecified atom stereocenters. The van der Waals surface area contributed by atoms with Gasteiger partial charge in [0.2, 0.25) is 0 Å². The monoisotopic (exact) mass is 426 g/mol. The first-order valence-electron chi connectivity index (χ1n) is 11.4. The average Bonchev–Trinajstić information content (AvgIpc) is 3.28. The van der Waals surface area contributed by atoms with E-state index in [0.29, 0.717) is 0 Å². The summed E-state index contributed by atoms with van der Waals surface area (Å²) in [5.41, 5.74) is 2.69. The number of carbonyl (C=O) groups is 1. The molecule has 1 saturated heterocycles. The molecule has 0 atom stereocenters. The van der Waals surface area contributed by atoms with Crippen molar-refractivity contribution in [3.05, 3.63) is 46.8 Å². The van der Waals surface area contributed by atoms with E-state index in [1.165, 1.54) is 37.3 Å². The Labute approximate surface area is 184 Å². The van der Waals surface area contributed by atoms with Gasteiger partial charge in [0.05, 0.1) is 9.88 Å². The van der Waals surface area contributed by atoms with Crippen LogP contribution >= 0.6 is 11.3 Å². The van der Waals surface area contributed by atoms with Crippen LogP contribution in [0, 0.1) is 0 Å². The predicted molar refractivity (Wildman–Crippen MR) is 126 cm³/mol. The summed E-state index contributed by atoms with van der Waals surface area (Å²) in [7, 11) is 0. The quantitative estimate of drug-likeness (QED) is 0.648. The SMILES string of the molecule is CCCN1CCN(CCCNC(=O)c2ccc(N3CCCc4ccccc43)s2)CC1. The van der Waals surface area contributed by atoms with E-state index in [-0.39, 0.29) is 5.91 Å². The van der Waals surface area contributed by atoms with E-state index in [1.54, 1.807) is 11.3 Å². The molecule has 2 aliphatic rings. The highest BCUT2D eigenvalue weighted by molar-refractivity contribution is 7.18. The molecule has 3 heterocycles. The van der Waals surface area contributed by atoms with E-state index < -0.39 is 0 Å². The van der Waals surface area contributed by atoms with Crippen LogP contribution in [0.1, 0.15) is 41.4 Å². The third-order valence-corrected chi connectivity index (χ3v) is 7.24. The molecule has 5 nitrogen and oxygen atoms in total. The maximum atomic E-state index is 12.6. The van der Waals surface area contributed by atoms with Gasteiger partial charge in [-0.3, -0.25) is 4.79 Å². The van der Waals surface area contributed by atoms with Crippen LogP contribution in [-0.4, -0.2) is 68.1 Å². The van der Waals surface area contributed by atoms with Gasteiger partial charge in [-0.25, -0.2) is 0 Å². The van der Waals surface area contributed by atoms with Crippen molar-refractivity contribution in [1.29, 1.82) is 0 Å². The molecule has 1 fully saturated rings. The number of anilines is 2. The molecule has 6 heteroatoms. The first-order chi connectivity index (χ1) is 14.7. The summed E-state index contributed by atoms with van der Waals surface area (Å²) < 4.78 is 0. The third kappa shape index (κ3) is 5.23. The fraction of sp³-hybridized carbons (Fsp3) is 0.542. The molecule has 0 bridgehead atoms. The second-order valence-corrected chi connectivity index (χ2v) is 9.38. The van der Waals surface area contributed by atoms with Crippen LogP contribution in [0.25, 0.3) is 0 Å². The van der Waals surface area contributed by atoms with Gasteiger partial charge >= 0.3 is 0 Å². The minimum Gasteiger partial charge on any atom is -0.351 e. The average molecular weight is 427 g/mol. The minimum absolute atomic E-state index is 0.0595. The van der Waals surface area contributed by atoms with Crippen molar-refractivity contribution in [2.45, 2.75) is 32.6 Å². The topological polar surface area (TPSA) is 38.8 Å². The maximum Gasteiger partial charge on any atom is 0.261 e. The van der Waals surface area contributed by atoms with Crippen molar-refractivity contribution < 1.29 is 4.79 Å². The Morgan fingerprint density at radius 3 is 2.57 bits per heavy atom. The molecule has 4 rings (SSSR count). The van der Waals surface area contributed by atoms with Gasteiger partial charge in [0, 0.05) is 45.0 Å². The molecule has 2 aromatic rings. The molecule has 1 N–H and O–H groups in total. The number of nitrogens with zero attached hydrogens (tertiary/aromatic N) is 3. The van der Waals surface area contributed by atoms with Crippen LogP contribution in [0.3, 0.4) is 0 Å². The first kappa shape index (κ1) is 21.3. The van der Waals surface area contributed by atoms with Crippen molar-refractivity contribution in [2.75, 3.05) is 57.3 Å². The summed E-state index contributed by atoms with van der Waals surface area (Å²) in [6.07, 6.45) is 4.54. The molecule has 1 amide bonds. The molecule has 30 heavy (non-hydrogen) atoms. The largest absolute Gasteiger partial charge is 0.351 e. The number of hydrogen-bond acceptors (Lipinski definition) is 5. The third-order valence-electron chi connectivity index (χ3n) is 6.13. The normalized spacial score (nSPS) is 17.7. The zero-order chi connectivity index (χ0) is 20.8. The Hall–Kier alpha value is -1.89. The standard InChI is InChI=1S/C24H34N4OS/c1-2-13-26-16-18-27(19-17-26)14-6-12-25-24(29)22-10-11-23(30-22)28-15-5-8-20-7-3-4-9-21(20)28/h3-4,7,9-11H,2,5-6,8,12-19H2,1H3,(H,25,29). The molecule has 0 spiro atoms. The van der Waals surface area contributed by atoms with E-state index in [2.05, 4.69) is 57.3 Å². The molecule has 0 aliphatic carbocycles. The molecular weight excluding hydrogens is 392 g/mol. The summed E-state index contributed by atoms with van der Waals surface area (Å²) in [6, 6.07) is 12.7. The van der Waals surface area contributed by atoms with Crippen LogP contribution in [-0.2, 0) is 6.42 Å². The smallest absolute Gasteiger partial charge is 0.261 e. The summed E-state index contributed by atoms with van der Waals surface area (Å²) in [5.74, 6) is 0.0595. The summed E-state index contributed by atoms with van der Waals surface area (Å²) in [5, 5.41) is 4.28. The molecule has 162 valence electrons. The van der Waals surface area contributed by atoms with Crippen LogP contribution in [0.2, 0.25) is 0 Å². The summed E-state index contributed by atoms with van der Waals surface area (Å²) in [6.45, 7) is 11.0. The highest BCUT2D eigenvalue weighted by Gasteiger charge is 2.20. The second kappa shape index (κ2) is 10.4. The Bertz CT molecular complexity index is 828. The van der Waals surface area contributed by atoms with E-state index in [1.807, 2.05) is 6.07 Å². The number of aryl methyl sites for hydroxylation is 1. The van der Waals surface area contributed by atoms with E-state index in [9.17, 15) is 4.79 Å². The number of amides is 1. The summed E-state index contributed by atoms with van der Waals surface area (Å²) >= 11 is 1.60. The first-order valence-corrected chi connectivity index (χ1v) is 12.2. The Morgan fingerprint density at radius 1 is 1.00 bits per heavy atom. The number of piperazine rings is 1. The maximum absolute atomic E-state index is 12.6. The van der Waals surface area contributed by atoms with Gasteiger partial charge in [-0.05, 0) is 62.5 Å². The fourth-order valence-corrected chi connectivity index (χ4v) is 5.46. The number of fused-ring (bicyclic) bond motifs is 1. The molecule has 0 radical (unpaired) electrons. The highest BCUT2D eigenvalue weighted by atomic mass is 32.1. The van der Waals surface area contributed by atoms with Gasteiger partial charge in [-0.2, -0.15) is 0 Å². The number of para-hydroxylation sites is 1. The van der Waals surface area contributed by atoms with Crippen LogP contribution in [0.15, 0.2) is 36.4 Å². The van der Waals surface area contributed by atoms with Crippen molar-refractivity contribution in [3.8, 4) is 0 Å². The number of carbonyl (C=O) groups excluding carboxylic acids is 1. The number of thiophene rings is 1. The van der Waals surface area contributed by atoms with Gasteiger partial charge in [-0.15, -0.1) is 11.3 Å². The molecule has 1 aromatic carbocycles. The highest BCUT2D eigenvalue weighted by Crippen LogP contribution is 2.37. The molecule has 0 saturated carbocycles. The zero-order valence-electron chi connectivity index (χ0n) is 18.1. The Kier molecular flexibility index (Phi) is 7.42. The molecule has 1 aromatic heterocycles. The predicted octanol–water partition coefficient (Wildman–Crippen LogP) is 3.98. The van der Waals surface area contributed by atoms with E-state index in [0.717, 1.165) is 61.9 Å².